The number of nitrogens with zero attached hydrogens (tertiary/aromatic N) is 2. The molecule has 0 amide bonds. The zero-order chi connectivity index (χ0) is 13.5. The van der Waals surface area contributed by atoms with Crippen LogP contribution in [0.5, 0.6) is 0 Å². The number of alkyl halides is 1. The second kappa shape index (κ2) is 8.00. The molecule has 1 atom stereocenters. The predicted octanol–water partition coefficient (Wildman–Crippen LogP) is 2.46. The van der Waals surface area contributed by atoms with Crippen LogP contribution in [0.3, 0.4) is 0 Å². The summed E-state index contributed by atoms with van der Waals surface area (Å²) in [5, 5.41) is 8.49. The van der Waals surface area contributed by atoms with E-state index in [1.54, 1.807) is 7.11 Å². The van der Waals surface area contributed by atoms with Gasteiger partial charge < -0.3 is 10.1 Å². The molecule has 0 radical (unpaired) electrons. The lowest BCUT2D eigenvalue weighted by atomic mass is 10.3. The van der Waals surface area contributed by atoms with Gasteiger partial charge in [0.15, 0.2) is 0 Å². The van der Waals surface area contributed by atoms with Crippen molar-refractivity contribution < 1.29 is 4.74 Å². The van der Waals surface area contributed by atoms with Gasteiger partial charge in [-0.3, -0.25) is 4.68 Å². The highest BCUT2D eigenvalue weighted by Crippen LogP contribution is 2.21. The average Bonchev–Trinajstić information content (AvgIpc) is 2.66. The Balaban J connectivity index is 2.58. The second-order valence-electron chi connectivity index (χ2n) is 4.06. The molecule has 0 saturated carbocycles. The number of nitrogens with one attached hydrogen (secondary N) is 1. The lowest BCUT2D eigenvalue weighted by molar-refractivity contribution is 0.196. The van der Waals surface area contributed by atoms with Crippen LogP contribution in [-0.2, 0) is 24.2 Å². The van der Waals surface area contributed by atoms with E-state index in [1.807, 2.05) is 4.68 Å². The van der Waals surface area contributed by atoms with Crippen molar-refractivity contribution in [3.63, 3.8) is 0 Å². The zero-order valence-corrected chi connectivity index (χ0v) is 12.7. The average molecular weight is 294 g/mol. The summed E-state index contributed by atoms with van der Waals surface area (Å²) in [6.45, 7) is 6.82. The molecular weight excluding hydrogens is 273 g/mol. The number of ether oxygens (including phenoxy) is 1. The van der Waals surface area contributed by atoms with E-state index < -0.39 is 0 Å². The number of methoxy groups -OCH3 is 1. The quantitative estimate of drug-likeness (QED) is 0.749. The molecule has 0 aliphatic heterocycles. The summed E-state index contributed by atoms with van der Waals surface area (Å²) < 4.78 is 6.92. The van der Waals surface area contributed by atoms with Gasteiger partial charge in [-0.05, 0) is 13.3 Å². The van der Waals surface area contributed by atoms with Gasteiger partial charge >= 0.3 is 0 Å². The summed E-state index contributed by atoms with van der Waals surface area (Å²) in [5.74, 6) is 0. The van der Waals surface area contributed by atoms with Crippen molar-refractivity contribution >= 4 is 23.2 Å². The minimum absolute atomic E-state index is 0.0302. The van der Waals surface area contributed by atoms with Crippen molar-refractivity contribution in [2.45, 2.75) is 38.7 Å². The van der Waals surface area contributed by atoms with E-state index in [1.165, 1.54) is 0 Å². The van der Waals surface area contributed by atoms with E-state index in [0.717, 1.165) is 29.4 Å². The van der Waals surface area contributed by atoms with Crippen LogP contribution in [0.25, 0.3) is 0 Å². The standard InChI is InChI=1S/C12H21Cl2N3O/c1-4-10-12(14)11(17(5-2)16-10)7-15-6-9(13)8-18-3/h9,15H,4-8H2,1-3H3. The summed E-state index contributed by atoms with van der Waals surface area (Å²) in [6.07, 6.45) is 0.848. The summed E-state index contributed by atoms with van der Waals surface area (Å²) in [6, 6.07) is 0. The highest BCUT2D eigenvalue weighted by atomic mass is 35.5. The first-order chi connectivity index (χ1) is 8.63. The van der Waals surface area contributed by atoms with Crippen LogP contribution < -0.4 is 5.32 Å². The van der Waals surface area contributed by atoms with E-state index in [2.05, 4.69) is 24.3 Å². The molecule has 1 aromatic rings. The van der Waals surface area contributed by atoms with Gasteiger partial charge in [0.05, 0.1) is 28.4 Å². The number of rotatable bonds is 8. The SMILES string of the molecule is CCc1nn(CC)c(CNCC(Cl)COC)c1Cl. The topological polar surface area (TPSA) is 39.1 Å². The van der Waals surface area contributed by atoms with Crippen LogP contribution in [0.1, 0.15) is 25.2 Å². The summed E-state index contributed by atoms with van der Waals surface area (Å²) >= 11 is 12.4. The van der Waals surface area contributed by atoms with Crippen LogP contribution >= 0.6 is 23.2 Å². The monoisotopic (exact) mass is 293 g/mol. The molecule has 0 saturated heterocycles. The Kier molecular flexibility index (Phi) is 7.00. The molecule has 1 N–H and O–H groups in total. The van der Waals surface area contributed by atoms with Crippen LogP contribution in [0, 0.1) is 0 Å². The number of hydrogen-bond acceptors (Lipinski definition) is 3. The zero-order valence-electron chi connectivity index (χ0n) is 11.2. The van der Waals surface area contributed by atoms with Gasteiger partial charge in [0.25, 0.3) is 0 Å². The highest BCUT2D eigenvalue weighted by molar-refractivity contribution is 6.31. The molecule has 6 heteroatoms. The van der Waals surface area contributed by atoms with E-state index in [-0.39, 0.29) is 5.38 Å². The second-order valence-corrected chi connectivity index (χ2v) is 5.06. The van der Waals surface area contributed by atoms with E-state index in [0.29, 0.717) is 19.7 Å². The van der Waals surface area contributed by atoms with Crippen LogP contribution in [0.15, 0.2) is 0 Å². The fraction of sp³-hybridized carbons (Fsp3) is 0.750. The number of halogens is 2. The first kappa shape index (κ1) is 15.8. The molecule has 0 fully saturated rings. The number of aryl methyl sites for hydroxylation is 2. The van der Waals surface area contributed by atoms with Crippen LogP contribution in [0.2, 0.25) is 5.02 Å². The largest absolute Gasteiger partial charge is 0.383 e. The fourth-order valence-electron chi connectivity index (χ4n) is 1.77. The van der Waals surface area contributed by atoms with Crippen molar-refractivity contribution in [3.05, 3.63) is 16.4 Å². The molecule has 1 unspecified atom stereocenters. The molecule has 0 bridgehead atoms. The molecule has 1 rings (SSSR count). The summed E-state index contributed by atoms with van der Waals surface area (Å²) in [4.78, 5) is 0. The third-order valence-corrected chi connectivity index (χ3v) is 3.42. The molecular formula is C12H21Cl2N3O. The van der Waals surface area contributed by atoms with Gasteiger partial charge in [-0.2, -0.15) is 5.10 Å². The van der Waals surface area contributed by atoms with Gasteiger partial charge in [0.1, 0.15) is 0 Å². The van der Waals surface area contributed by atoms with Gasteiger partial charge in [-0.25, -0.2) is 0 Å². The molecule has 0 spiro atoms. The fourth-order valence-corrected chi connectivity index (χ4v) is 2.34. The Morgan fingerprint density at radius 2 is 2.17 bits per heavy atom. The third kappa shape index (κ3) is 4.12. The van der Waals surface area contributed by atoms with Crippen molar-refractivity contribution in [2.24, 2.45) is 0 Å². The lowest BCUT2D eigenvalue weighted by Gasteiger charge is -2.10. The Labute approximate surface area is 119 Å². The molecule has 4 nitrogen and oxygen atoms in total. The minimum atomic E-state index is -0.0302. The van der Waals surface area contributed by atoms with E-state index in [4.69, 9.17) is 27.9 Å². The van der Waals surface area contributed by atoms with Gasteiger partial charge in [0.2, 0.25) is 0 Å². The van der Waals surface area contributed by atoms with Crippen LogP contribution in [0.4, 0.5) is 0 Å². The molecule has 1 aromatic heterocycles. The maximum absolute atomic E-state index is 6.30. The van der Waals surface area contributed by atoms with Crippen molar-refractivity contribution in [3.8, 4) is 0 Å². The normalized spacial score (nSPS) is 12.9. The Morgan fingerprint density at radius 1 is 1.44 bits per heavy atom. The van der Waals surface area contributed by atoms with E-state index in [9.17, 15) is 0 Å². The first-order valence-corrected chi connectivity index (χ1v) is 7.03. The van der Waals surface area contributed by atoms with Crippen molar-refractivity contribution in [2.75, 3.05) is 20.3 Å². The van der Waals surface area contributed by atoms with Crippen molar-refractivity contribution in [1.29, 1.82) is 0 Å². The predicted molar refractivity (Wildman–Crippen MR) is 75.5 cm³/mol. The Hall–Kier alpha value is -0.290. The number of aromatic nitrogens is 2. The third-order valence-electron chi connectivity index (χ3n) is 2.70. The maximum Gasteiger partial charge on any atom is 0.0863 e. The molecule has 0 aromatic carbocycles. The smallest absolute Gasteiger partial charge is 0.0863 e. The van der Waals surface area contributed by atoms with Gasteiger partial charge in [-0.1, -0.05) is 18.5 Å². The number of hydrogen-bond donors (Lipinski definition) is 1. The molecule has 0 aliphatic carbocycles. The van der Waals surface area contributed by atoms with Gasteiger partial charge in [-0.15, -0.1) is 11.6 Å². The van der Waals surface area contributed by atoms with Crippen LogP contribution in [-0.4, -0.2) is 35.4 Å². The molecule has 104 valence electrons. The Bertz CT molecular complexity index is 368. The molecule has 1 heterocycles. The highest BCUT2D eigenvalue weighted by Gasteiger charge is 2.14. The lowest BCUT2D eigenvalue weighted by Crippen LogP contribution is -2.27. The maximum atomic E-state index is 6.30. The van der Waals surface area contributed by atoms with Crippen molar-refractivity contribution in [1.82, 2.24) is 15.1 Å². The van der Waals surface area contributed by atoms with E-state index >= 15 is 0 Å². The molecule has 18 heavy (non-hydrogen) atoms. The molecule has 0 aliphatic rings. The van der Waals surface area contributed by atoms with Gasteiger partial charge in [0, 0.05) is 26.7 Å². The summed E-state index contributed by atoms with van der Waals surface area (Å²) in [5.41, 5.74) is 1.98. The summed E-state index contributed by atoms with van der Waals surface area (Å²) in [7, 11) is 1.64. The first-order valence-electron chi connectivity index (χ1n) is 6.21. The Morgan fingerprint density at radius 3 is 2.72 bits per heavy atom. The minimum Gasteiger partial charge on any atom is -0.383 e.